The van der Waals surface area contributed by atoms with Crippen LogP contribution in [0.25, 0.3) is 0 Å². The number of rotatable bonds is 7. The Bertz CT molecular complexity index is 652. The van der Waals surface area contributed by atoms with Gasteiger partial charge < -0.3 is 15.4 Å². The minimum atomic E-state index is -3.39. The molecule has 0 saturated heterocycles. The van der Waals surface area contributed by atoms with Gasteiger partial charge in [-0.05, 0) is 31.5 Å². The van der Waals surface area contributed by atoms with Crippen LogP contribution in [0, 0.1) is 0 Å². The second-order valence-electron chi connectivity index (χ2n) is 6.17. The summed E-state index contributed by atoms with van der Waals surface area (Å²) in [6.45, 7) is 5.12. The maximum absolute atomic E-state index is 12.0. The molecule has 0 bridgehead atoms. The van der Waals surface area contributed by atoms with E-state index in [-0.39, 0.29) is 10.5 Å². The van der Waals surface area contributed by atoms with E-state index in [4.69, 9.17) is 4.74 Å². The molecule has 7 nitrogen and oxygen atoms in total. The van der Waals surface area contributed by atoms with Crippen LogP contribution in [0.5, 0.6) is 0 Å². The third-order valence-electron chi connectivity index (χ3n) is 3.62. The molecule has 0 aliphatic rings. The van der Waals surface area contributed by atoms with Gasteiger partial charge in [0, 0.05) is 41.3 Å². The average molecular weight is 356 g/mol. The van der Waals surface area contributed by atoms with E-state index in [2.05, 4.69) is 15.6 Å². The number of guanidine groups is 1. The SMILES string of the molecule is CN=C(NCc1ccc(S(=O)(=O)N(C)C)cc1)NCC(C)(C)OC. The van der Waals surface area contributed by atoms with Crippen LogP contribution in [0.3, 0.4) is 0 Å². The lowest BCUT2D eigenvalue weighted by molar-refractivity contribution is 0.0268. The highest BCUT2D eigenvalue weighted by molar-refractivity contribution is 7.89. The topological polar surface area (TPSA) is 83.0 Å². The van der Waals surface area contributed by atoms with Gasteiger partial charge in [0.2, 0.25) is 10.0 Å². The van der Waals surface area contributed by atoms with Gasteiger partial charge in [0.05, 0.1) is 10.5 Å². The van der Waals surface area contributed by atoms with E-state index in [1.54, 1.807) is 38.4 Å². The van der Waals surface area contributed by atoms with Crippen molar-refractivity contribution >= 4 is 16.0 Å². The number of nitrogens with zero attached hydrogens (tertiary/aromatic N) is 2. The molecule has 0 unspecified atom stereocenters. The molecule has 0 atom stereocenters. The maximum Gasteiger partial charge on any atom is 0.242 e. The standard InChI is InChI=1S/C16H28N4O3S/c1-16(2,23-6)12-19-15(17-3)18-11-13-7-9-14(10-8-13)24(21,22)20(4)5/h7-10H,11-12H2,1-6H3,(H2,17,18,19). The number of hydrogen-bond donors (Lipinski definition) is 2. The van der Waals surface area contributed by atoms with E-state index in [9.17, 15) is 8.42 Å². The van der Waals surface area contributed by atoms with E-state index in [0.29, 0.717) is 19.0 Å². The normalized spacial score (nSPS) is 13.2. The van der Waals surface area contributed by atoms with Crippen LogP contribution in [-0.2, 0) is 21.3 Å². The fraction of sp³-hybridized carbons (Fsp3) is 0.562. The zero-order chi connectivity index (χ0) is 18.4. The van der Waals surface area contributed by atoms with Gasteiger partial charge in [-0.15, -0.1) is 0 Å². The molecule has 0 aliphatic heterocycles. The monoisotopic (exact) mass is 356 g/mol. The Labute approximate surface area is 145 Å². The molecular formula is C16H28N4O3S. The fourth-order valence-electron chi connectivity index (χ4n) is 1.77. The van der Waals surface area contributed by atoms with Crippen molar-refractivity contribution in [3.8, 4) is 0 Å². The third kappa shape index (κ3) is 5.77. The number of ether oxygens (including phenoxy) is 1. The molecule has 1 aromatic carbocycles. The Hall–Kier alpha value is -1.64. The molecule has 1 aromatic rings. The summed E-state index contributed by atoms with van der Waals surface area (Å²) in [5.41, 5.74) is 0.668. The number of hydrogen-bond acceptors (Lipinski definition) is 4. The highest BCUT2D eigenvalue weighted by Gasteiger charge is 2.17. The second-order valence-corrected chi connectivity index (χ2v) is 8.33. The number of methoxy groups -OCH3 is 1. The molecule has 8 heteroatoms. The van der Waals surface area contributed by atoms with Crippen molar-refractivity contribution in [2.45, 2.75) is 30.9 Å². The van der Waals surface area contributed by atoms with Crippen LogP contribution in [0.15, 0.2) is 34.2 Å². The van der Waals surface area contributed by atoms with Gasteiger partial charge >= 0.3 is 0 Å². The number of aliphatic imine (C=N–C) groups is 1. The van der Waals surface area contributed by atoms with E-state index in [1.807, 2.05) is 13.8 Å². The first-order valence-corrected chi connectivity index (χ1v) is 9.07. The zero-order valence-electron chi connectivity index (χ0n) is 15.3. The zero-order valence-corrected chi connectivity index (χ0v) is 16.1. The van der Waals surface area contributed by atoms with Gasteiger partial charge in [0.15, 0.2) is 5.96 Å². The molecule has 2 N–H and O–H groups in total. The smallest absolute Gasteiger partial charge is 0.242 e. The molecule has 24 heavy (non-hydrogen) atoms. The Kier molecular flexibility index (Phi) is 7.19. The Balaban J connectivity index is 2.64. The molecule has 0 aliphatic carbocycles. The Morgan fingerprint density at radius 3 is 2.25 bits per heavy atom. The lowest BCUT2D eigenvalue weighted by Crippen LogP contribution is -2.45. The van der Waals surface area contributed by atoms with Crippen molar-refractivity contribution < 1.29 is 13.2 Å². The highest BCUT2D eigenvalue weighted by Crippen LogP contribution is 2.13. The lowest BCUT2D eigenvalue weighted by atomic mass is 10.1. The van der Waals surface area contributed by atoms with Crippen molar-refractivity contribution in [1.29, 1.82) is 0 Å². The molecule has 0 amide bonds. The average Bonchev–Trinajstić information content (AvgIpc) is 2.55. The van der Waals surface area contributed by atoms with Crippen molar-refractivity contribution in [2.75, 3.05) is 34.8 Å². The molecule has 0 saturated carbocycles. The summed E-state index contributed by atoms with van der Waals surface area (Å²) in [7, 11) is 3.00. The number of sulfonamides is 1. The van der Waals surface area contributed by atoms with Crippen LogP contribution in [-0.4, -0.2) is 59.1 Å². The second kappa shape index (κ2) is 8.46. The molecular weight excluding hydrogens is 328 g/mol. The van der Waals surface area contributed by atoms with Crippen molar-refractivity contribution in [1.82, 2.24) is 14.9 Å². The molecule has 1 rings (SSSR count). The summed E-state index contributed by atoms with van der Waals surface area (Å²) >= 11 is 0. The fourth-order valence-corrected chi connectivity index (χ4v) is 2.67. The summed E-state index contributed by atoms with van der Waals surface area (Å²) in [6, 6.07) is 6.79. The van der Waals surface area contributed by atoms with Gasteiger partial charge in [-0.3, -0.25) is 4.99 Å². The first kappa shape index (κ1) is 20.4. The summed E-state index contributed by atoms with van der Waals surface area (Å²) in [4.78, 5) is 4.44. The molecule has 0 heterocycles. The highest BCUT2D eigenvalue weighted by atomic mass is 32.2. The van der Waals surface area contributed by atoms with Crippen molar-refractivity contribution in [3.63, 3.8) is 0 Å². The van der Waals surface area contributed by atoms with Crippen molar-refractivity contribution in [2.24, 2.45) is 4.99 Å². The van der Waals surface area contributed by atoms with Crippen LogP contribution in [0.1, 0.15) is 19.4 Å². The first-order chi connectivity index (χ1) is 11.1. The summed E-state index contributed by atoms with van der Waals surface area (Å²) < 4.78 is 30.6. The van der Waals surface area contributed by atoms with E-state index in [1.165, 1.54) is 18.4 Å². The Morgan fingerprint density at radius 1 is 1.21 bits per heavy atom. The molecule has 0 spiro atoms. The van der Waals surface area contributed by atoms with E-state index < -0.39 is 10.0 Å². The van der Waals surface area contributed by atoms with E-state index >= 15 is 0 Å². The predicted octanol–water partition coefficient (Wildman–Crippen LogP) is 1.03. The van der Waals surface area contributed by atoms with Gasteiger partial charge in [-0.25, -0.2) is 12.7 Å². The minimum absolute atomic E-state index is 0.278. The minimum Gasteiger partial charge on any atom is -0.377 e. The van der Waals surface area contributed by atoms with Gasteiger partial charge in [0.1, 0.15) is 0 Å². The molecule has 0 aromatic heterocycles. The van der Waals surface area contributed by atoms with Crippen LogP contribution in [0.4, 0.5) is 0 Å². The largest absolute Gasteiger partial charge is 0.377 e. The van der Waals surface area contributed by atoms with Gasteiger partial charge in [-0.1, -0.05) is 12.1 Å². The molecule has 0 fully saturated rings. The summed E-state index contributed by atoms with van der Waals surface area (Å²) in [5, 5.41) is 6.38. The predicted molar refractivity (Wildman–Crippen MR) is 96.6 cm³/mol. The number of benzene rings is 1. The molecule has 136 valence electrons. The quantitative estimate of drug-likeness (QED) is 0.563. The third-order valence-corrected chi connectivity index (χ3v) is 5.45. The maximum atomic E-state index is 12.0. The van der Waals surface area contributed by atoms with Gasteiger partial charge in [0.25, 0.3) is 0 Å². The Morgan fingerprint density at radius 2 is 1.79 bits per heavy atom. The summed E-state index contributed by atoms with van der Waals surface area (Å²) in [6.07, 6.45) is 0. The first-order valence-electron chi connectivity index (χ1n) is 7.63. The summed E-state index contributed by atoms with van der Waals surface area (Å²) in [5.74, 6) is 0.658. The lowest BCUT2D eigenvalue weighted by Gasteiger charge is -2.24. The van der Waals surface area contributed by atoms with Crippen LogP contribution in [0.2, 0.25) is 0 Å². The van der Waals surface area contributed by atoms with E-state index in [0.717, 1.165) is 5.56 Å². The van der Waals surface area contributed by atoms with Gasteiger partial charge in [-0.2, -0.15) is 0 Å². The van der Waals surface area contributed by atoms with Crippen LogP contribution >= 0.6 is 0 Å². The molecule has 0 radical (unpaired) electrons. The van der Waals surface area contributed by atoms with Crippen LogP contribution < -0.4 is 10.6 Å². The van der Waals surface area contributed by atoms with Crippen molar-refractivity contribution in [3.05, 3.63) is 29.8 Å². The number of nitrogens with one attached hydrogen (secondary N) is 2.